The van der Waals surface area contributed by atoms with Gasteiger partial charge in [-0.05, 0) is 0 Å². The molecule has 2 atom stereocenters. The Bertz CT molecular complexity index is 359. The molecule has 0 radical (unpaired) electrons. The first-order valence-corrected chi connectivity index (χ1v) is 6.88. The Balaban J connectivity index is 2.00. The second-order valence-corrected chi connectivity index (χ2v) is 5.52. The third-order valence-corrected chi connectivity index (χ3v) is 3.85. The van der Waals surface area contributed by atoms with Gasteiger partial charge in [0.2, 0.25) is 11.8 Å². The number of hydrogen-bond donors (Lipinski definition) is 1. The van der Waals surface area contributed by atoms with E-state index in [1.807, 2.05) is 18.7 Å². The van der Waals surface area contributed by atoms with Crippen LogP contribution in [0.25, 0.3) is 0 Å². The number of fused-ring (bicyclic) bond motifs is 1. The molecule has 2 saturated heterocycles. The number of nitrogens with zero attached hydrogens (tertiary/aromatic N) is 2. The van der Waals surface area contributed by atoms with Gasteiger partial charge in [-0.2, -0.15) is 0 Å². The highest BCUT2D eigenvalue weighted by molar-refractivity contribution is 5.79. The Morgan fingerprint density at radius 3 is 2.74 bits per heavy atom. The standard InChI is InChI=1S/C13H23N3O3/c1-9(2)13(18)16-6-10-11(7-16)19-5-4-15(10)8-12(17)14-3/h9-11H,4-8H2,1-3H3,(H,14,17)/t10-,11-/m0/s1. The second kappa shape index (κ2) is 5.88. The average molecular weight is 269 g/mol. The number of hydrogen-bond acceptors (Lipinski definition) is 4. The van der Waals surface area contributed by atoms with Crippen molar-refractivity contribution in [1.29, 1.82) is 0 Å². The van der Waals surface area contributed by atoms with Crippen LogP contribution in [0.1, 0.15) is 13.8 Å². The second-order valence-electron chi connectivity index (χ2n) is 5.52. The van der Waals surface area contributed by atoms with Crippen molar-refractivity contribution in [2.75, 3.05) is 39.8 Å². The molecule has 0 spiro atoms. The van der Waals surface area contributed by atoms with Crippen LogP contribution in [-0.2, 0) is 14.3 Å². The Morgan fingerprint density at radius 2 is 2.11 bits per heavy atom. The van der Waals surface area contributed by atoms with E-state index >= 15 is 0 Å². The van der Waals surface area contributed by atoms with Crippen LogP contribution in [0.4, 0.5) is 0 Å². The molecular weight excluding hydrogens is 246 g/mol. The first-order valence-electron chi connectivity index (χ1n) is 6.88. The SMILES string of the molecule is CNC(=O)CN1CCO[C@H]2CN(C(=O)C(C)C)C[C@@H]21. The lowest BCUT2D eigenvalue weighted by atomic mass is 10.1. The molecule has 0 aromatic carbocycles. The first-order chi connectivity index (χ1) is 9.02. The third-order valence-electron chi connectivity index (χ3n) is 3.85. The Kier molecular flexibility index (Phi) is 4.42. The molecule has 6 heteroatoms. The molecule has 6 nitrogen and oxygen atoms in total. The van der Waals surface area contributed by atoms with Crippen molar-refractivity contribution in [3.05, 3.63) is 0 Å². The van der Waals surface area contributed by atoms with E-state index in [-0.39, 0.29) is 29.9 Å². The number of carbonyl (C=O) groups is 2. The molecule has 1 N–H and O–H groups in total. The minimum atomic E-state index is 0.00698. The summed E-state index contributed by atoms with van der Waals surface area (Å²) in [5.41, 5.74) is 0. The predicted molar refractivity (Wildman–Crippen MR) is 70.6 cm³/mol. The molecular formula is C13H23N3O3. The van der Waals surface area contributed by atoms with Gasteiger partial charge in [-0.25, -0.2) is 0 Å². The van der Waals surface area contributed by atoms with Crippen LogP contribution < -0.4 is 5.32 Å². The van der Waals surface area contributed by atoms with Crippen molar-refractivity contribution in [3.63, 3.8) is 0 Å². The van der Waals surface area contributed by atoms with Gasteiger partial charge in [-0.3, -0.25) is 14.5 Å². The molecule has 2 amide bonds. The quantitative estimate of drug-likeness (QED) is 0.736. The molecule has 0 bridgehead atoms. The Labute approximate surface area is 114 Å². The van der Waals surface area contributed by atoms with E-state index in [0.29, 0.717) is 26.2 Å². The number of carbonyl (C=O) groups excluding carboxylic acids is 2. The van der Waals surface area contributed by atoms with E-state index in [2.05, 4.69) is 10.2 Å². The lowest BCUT2D eigenvalue weighted by Gasteiger charge is -2.35. The van der Waals surface area contributed by atoms with Crippen molar-refractivity contribution in [2.45, 2.75) is 26.0 Å². The van der Waals surface area contributed by atoms with Crippen molar-refractivity contribution in [2.24, 2.45) is 5.92 Å². The zero-order valence-electron chi connectivity index (χ0n) is 11.9. The zero-order valence-corrected chi connectivity index (χ0v) is 11.9. The number of morpholine rings is 1. The highest BCUT2D eigenvalue weighted by atomic mass is 16.5. The molecule has 108 valence electrons. The molecule has 0 aliphatic carbocycles. The topological polar surface area (TPSA) is 61.9 Å². The molecule has 0 aromatic heterocycles. The lowest BCUT2D eigenvalue weighted by Crippen LogP contribution is -2.53. The summed E-state index contributed by atoms with van der Waals surface area (Å²) >= 11 is 0. The Morgan fingerprint density at radius 1 is 1.37 bits per heavy atom. The van der Waals surface area contributed by atoms with Gasteiger partial charge in [0.25, 0.3) is 0 Å². The highest BCUT2D eigenvalue weighted by Gasteiger charge is 2.42. The van der Waals surface area contributed by atoms with Gasteiger partial charge < -0.3 is 15.0 Å². The summed E-state index contributed by atoms with van der Waals surface area (Å²) in [6.45, 7) is 6.89. The summed E-state index contributed by atoms with van der Waals surface area (Å²) in [6, 6.07) is 0.147. The normalized spacial score (nSPS) is 27.5. The van der Waals surface area contributed by atoms with Gasteiger partial charge in [-0.1, -0.05) is 13.8 Å². The van der Waals surface area contributed by atoms with Crippen LogP contribution in [0.3, 0.4) is 0 Å². The number of amides is 2. The van der Waals surface area contributed by atoms with E-state index in [4.69, 9.17) is 4.74 Å². The molecule has 2 aliphatic heterocycles. The summed E-state index contributed by atoms with van der Waals surface area (Å²) in [7, 11) is 1.64. The number of ether oxygens (including phenoxy) is 1. The highest BCUT2D eigenvalue weighted by Crippen LogP contribution is 2.23. The monoisotopic (exact) mass is 269 g/mol. The predicted octanol–water partition coefficient (Wildman–Crippen LogP) is -0.700. The van der Waals surface area contributed by atoms with Crippen molar-refractivity contribution >= 4 is 11.8 Å². The summed E-state index contributed by atoms with van der Waals surface area (Å²) in [6.07, 6.45) is 0.0427. The summed E-state index contributed by atoms with van der Waals surface area (Å²) < 4.78 is 5.74. The molecule has 2 fully saturated rings. The van der Waals surface area contributed by atoms with E-state index in [1.54, 1.807) is 7.05 Å². The fraction of sp³-hybridized carbons (Fsp3) is 0.846. The maximum absolute atomic E-state index is 12.0. The van der Waals surface area contributed by atoms with Gasteiger partial charge in [0, 0.05) is 32.6 Å². The van der Waals surface area contributed by atoms with Gasteiger partial charge >= 0.3 is 0 Å². The molecule has 0 aromatic rings. The number of likely N-dealkylation sites (tertiary alicyclic amines) is 1. The molecule has 19 heavy (non-hydrogen) atoms. The lowest BCUT2D eigenvalue weighted by molar-refractivity contribution is -0.133. The summed E-state index contributed by atoms with van der Waals surface area (Å²) in [5.74, 6) is 0.180. The van der Waals surface area contributed by atoms with Gasteiger partial charge in [0.15, 0.2) is 0 Å². The Hall–Kier alpha value is -1.14. The number of likely N-dealkylation sites (N-methyl/N-ethyl adjacent to an activating group) is 1. The molecule has 2 aliphatic rings. The minimum Gasteiger partial charge on any atom is -0.373 e. The third kappa shape index (κ3) is 3.06. The van der Waals surface area contributed by atoms with Crippen molar-refractivity contribution in [3.8, 4) is 0 Å². The first kappa shape index (κ1) is 14.3. The van der Waals surface area contributed by atoms with E-state index in [1.165, 1.54) is 0 Å². The van der Waals surface area contributed by atoms with Crippen LogP contribution in [0, 0.1) is 5.92 Å². The van der Waals surface area contributed by atoms with Crippen LogP contribution >= 0.6 is 0 Å². The van der Waals surface area contributed by atoms with Gasteiger partial charge in [-0.15, -0.1) is 0 Å². The van der Waals surface area contributed by atoms with Crippen molar-refractivity contribution in [1.82, 2.24) is 15.1 Å². The molecule has 2 heterocycles. The average Bonchev–Trinajstić information content (AvgIpc) is 2.82. The van der Waals surface area contributed by atoms with Crippen LogP contribution in [0.15, 0.2) is 0 Å². The fourth-order valence-electron chi connectivity index (χ4n) is 2.76. The van der Waals surface area contributed by atoms with Crippen LogP contribution in [0.5, 0.6) is 0 Å². The smallest absolute Gasteiger partial charge is 0.233 e. The largest absolute Gasteiger partial charge is 0.373 e. The van der Waals surface area contributed by atoms with E-state index in [9.17, 15) is 9.59 Å². The number of nitrogens with one attached hydrogen (secondary N) is 1. The van der Waals surface area contributed by atoms with Crippen LogP contribution in [0.2, 0.25) is 0 Å². The van der Waals surface area contributed by atoms with Gasteiger partial charge in [0.05, 0.1) is 25.3 Å². The van der Waals surface area contributed by atoms with Gasteiger partial charge in [0.1, 0.15) is 0 Å². The maximum atomic E-state index is 12.0. The van der Waals surface area contributed by atoms with E-state index in [0.717, 1.165) is 6.54 Å². The maximum Gasteiger partial charge on any atom is 0.233 e. The van der Waals surface area contributed by atoms with E-state index < -0.39 is 0 Å². The summed E-state index contributed by atoms with van der Waals surface area (Å²) in [5, 5.41) is 2.64. The zero-order chi connectivity index (χ0) is 14.0. The number of rotatable bonds is 3. The molecule has 0 saturated carbocycles. The minimum absolute atomic E-state index is 0.00698. The molecule has 2 rings (SSSR count). The van der Waals surface area contributed by atoms with Crippen LogP contribution in [-0.4, -0.2) is 73.6 Å². The fourth-order valence-corrected chi connectivity index (χ4v) is 2.76. The molecule has 0 unspecified atom stereocenters. The summed E-state index contributed by atoms with van der Waals surface area (Å²) in [4.78, 5) is 27.6. The van der Waals surface area contributed by atoms with Crippen molar-refractivity contribution < 1.29 is 14.3 Å².